The number of carbonyl (C=O) groups is 1. The van der Waals surface area contributed by atoms with Gasteiger partial charge in [0, 0.05) is 38.8 Å². The van der Waals surface area contributed by atoms with E-state index >= 15 is 0 Å². The summed E-state index contributed by atoms with van der Waals surface area (Å²) < 4.78 is 5.41. The van der Waals surface area contributed by atoms with Crippen molar-refractivity contribution >= 4 is 35.8 Å². The molecule has 1 aliphatic rings. The molecule has 2 aromatic rings. The van der Waals surface area contributed by atoms with Crippen molar-refractivity contribution in [3.63, 3.8) is 0 Å². The van der Waals surface area contributed by atoms with E-state index in [-0.39, 0.29) is 35.8 Å². The van der Waals surface area contributed by atoms with Gasteiger partial charge in [0.15, 0.2) is 5.96 Å². The topological polar surface area (TPSA) is 92.0 Å². The Morgan fingerprint density at radius 3 is 2.66 bits per heavy atom. The molecule has 0 bridgehead atoms. The molecule has 4 N–H and O–H groups in total. The van der Waals surface area contributed by atoms with Gasteiger partial charge in [-0.15, -0.1) is 24.0 Å². The Kier molecular flexibility index (Phi) is 10.8. The zero-order chi connectivity index (χ0) is 22.1. The number of aliphatic imine (C=N–C) groups is 1. The Morgan fingerprint density at radius 1 is 1.16 bits per heavy atom. The number of guanidine groups is 1. The van der Waals surface area contributed by atoms with Crippen molar-refractivity contribution < 1.29 is 9.53 Å². The maximum absolute atomic E-state index is 11.5. The lowest BCUT2D eigenvalue weighted by atomic mass is 9.97. The quantitative estimate of drug-likeness (QED) is 0.267. The lowest BCUT2D eigenvalue weighted by Crippen LogP contribution is -2.40. The molecule has 32 heavy (non-hydrogen) atoms. The van der Waals surface area contributed by atoms with Crippen LogP contribution in [0, 0.1) is 5.92 Å². The number of primary amides is 1. The molecule has 0 aliphatic carbocycles. The normalized spacial score (nSPS) is 16.7. The molecule has 0 spiro atoms. The first-order valence-electron chi connectivity index (χ1n) is 10.7. The number of rotatable bonds is 8. The SMILES string of the molecule is CN=C(NCc1cccc(CN2CCCC(C(N)=O)C2)c1)NCc1ccccc1OC.I. The number of nitrogens with two attached hydrogens (primary N) is 1. The van der Waals surface area contributed by atoms with Crippen molar-refractivity contribution in [1.29, 1.82) is 0 Å². The van der Waals surface area contributed by atoms with E-state index < -0.39 is 0 Å². The fourth-order valence-corrected chi connectivity index (χ4v) is 3.96. The molecule has 2 aromatic carbocycles. The third-order valence-electron chi connectivity index (χ3n) is 5.63. The number of piperidine rings is 1. The van der Waals surface area contributed by atoms with Crippen LogP contribution >= 0.6 is 24.0 Å². The fraction of sp³-hybridized carbons (Fsp3) is 0.417. The van der Waals surface area contributed by atoms with Crippen molar-refractivity contribution in [2.75, 3.05) is 27.2 Å². The number of carbonyl (C=O) groups excluding carboxylic acids is 1. The summed E-state index contributed by atoms with van der Waals surface area (Å²) in [6, 6.07) is 16.5. The first kappa shape index (κ1) is 25.9. The molecular formula is C24H34IN5O2. The Balaban J connectivity index is 0.00000363. The van der Waals surface area contributed by atoms with Gasteiger partial charge in [-0.25, -0.2) is 0 Å². The summed E-state index contributed by atoms with van der Waals surface area (Å²) in [5, 5.41) is 6.70. The van der Waals surface area contributed by atoms with Gasteiger partial charge in [0.25, 0.3) is 0 Å². The minimum absolute atomic E-state index is 0. The van der Waals surface area contributed by atoms with Crippen LogP contribution in [-0.4, -0.2) is 44.0 Å². The van der Waals surface area contributed by atoms with Crippen molar-refractivity contribution in [3.05, 3.63) is 65.2 Å². The van der Waals surface area contributed by atoms with Crippen molar-refractivity contribution in [2.45, 2.75) is 32.5 Å². The Morgan fingerprint density at radius 2 is 1.91 bits per heavy atom. The third kappa shape index (κ3) is 7.67. The maximum atomic E-state index is 11.5. The highest BCUT2D eigenvalue weighted by Crippen LogP contribution is 2.19. The Labute approximate surface area is 207 Å². The predicted molar refractivity (Wildman–Crippen MR) is 139 cm³/mol. The number of amides is 1. The zero-order valence-electron chi connectivity index (χ0n) is 18.8. The van der Waals surface area contributed by atoms with E-state index in [1.807, 2.05) is 24.3 Å². The number of benzene rings is 2. The van der Waals surface area contributed by atoms with Crippen LogP contribution in [0.5, 0.6) is 5.75 Å². The molecule has 7 nitrogen and oxygen atoms in total. The molecule has 1 amide bonds. The molecule has 1 unspecified atom stereocenters. The Hall–Kier alpha value is -2.33. The van der Waals surface area contributed by atoms with Gasteiger partial charge in [0.1, 0.15) is 5.75 Å². The zero-order valence-corrected chi connectivity index (χ0v) is 21.2. The Bertz CT molecular complexity index is 905. The second-order valence-electron chi connectivity index (χ2n) is 7.89. The number of nitrogens with one attached hydrogen (secondary N) is 2. The van der Waals surface area contributed by atoms with Crippen LogP contribution in [0.15, 0.2) is 53.5 Å². The summed E-state index contributed by atoms with van der Waals surface area (Å²) in [5.41, 5.74) is 9.00. The molecule has 1 fully saturated rings. The van der Waals surface area contributed by atoms with E-state index in [1.165, 1.54) is 11.1 Å². The summed E-state index contributed by atoms with van der Waals surface area (Å²) in [7, 11) is 3.44. The minimum Gasteiger partial charge on any atom is -0.496 e. The number of hydrogen-bond acceptors (Lipinski definition) is 4. The molecule has 0 aromatic heterocycles. The fourth-order valence-electron chi connectivity index (χ4n) is 3.96. The molecule has 1 saturated heterocycles. The maximum Gasteiger partial charge on any atom is 0.221 e. The van der Waals surface area contributed by atoms with Gasteiger partial charge < -0.3 is 21.1 Å². The van der Waals surface area contributed by atoms with E-state index in [2.05, 4.69) is 44.8 Å². The largest absolute Gasteiger partial charge is 0.496 e. The second kappa shape index (κ2) is 13.3. The summed E-state index contributed by atoms with van der Waals surface area (Å²) in [6.45, 7) is 3.88. The van der Waals surface area contributed by atoms with E-state index in [0.29, 0.717) is 13.1 Å². The number of para-hydroxylation sites is 1. The highest BCUT2D eigenvalue weighted by Gasteiger charge is 2.23. The van der Waals surface area contributed by atoms with Crippen molar-refractivity contribution in [2.24, 2.45) is 16.6 Å². The van der Waals surface area contributed by atoms with Crippen LogP contribution in [0.2, 0.25) is 0 Å². The molecule has 0 saturated carbocycles. The summed E-state index contributed by atoms with van der Waals surface area (Å²) in [4.78, 5) is 18.2. The number of nitrogens with zero attached hydrogens (tertiary/aromatic N) is 2. The van der Waals surface area contributed by atoms with Crippen LogP contribution in [-0.2, 0) is 24.4 Å². The number of ether oxygens (including phenoxy) is 1. The first-order chi connectivity index (χ1) is 15.1. The predicted octanol–water partition coefficient (Wildman–Crippen LogP) is 2.88. The molecule has 1 atom stereocenters. The van der Waals surface area contributed by atoms with Gasteiger partial charge in [0.05, 0.1) is 13.0 Å². The molecule has 1 heterocycles. The summed E-state index contributed by atoms with van der Waals surface area (Å²) in [6.07, 6.45) is 1.92. The highest BCUT2D eigenvalue weighted by molar-refractivity contribution is 14.0. The third-order valence-corrected chi connectivity index (χ3v) is 5.63. The summed E-state index contributed by atoms with van der Waals surface area (Å²) >= 11 is 0. The first-order valence-corrected chi connectivity index (χ1v) is 10.7. The molecule has 1 aliphatic heterocycles. The van der Waals surface area contributed by atoms with Gasteiger partial charge in [-0.05, 0) is 36.6 Å². The summed E-state index contributed by atoms with van der Waals surface area (Å²) in [5.74, 6) is 1.37. The van der Waals surface area contributed by atoms with Crippen LogP contribution in [0.4, 0.5) is 0 Å². The van der Waals surface area contributed by atoms with Gasteiger partial charge in [-0.2, -0.15) is 0 Å². The number of hydrogen-bond donors (Lipinski definition) is 3. The number of methoxy groups -OCH3 is 1. The van der Waals surface area contributed by atoms with E-state index in [4.69, 9.17) is 10.5 Å². The van der Waals surface area contributed by atoms with Crippen LogP contribution in [0.3, 0.4) is 0 Å². The standard InChI is InChI=1S/C24H33N5O2.HI/c1-26-24(28-15-20-9-3-4-11-22(20)31-2)27-14-18-7-5-8-19(13-18)16-29-12-6-10-21(17-29)23(25)30;/h3-5,7-9,11,13,21H,6,10,12,14-17H2,1-2H3,(H2,25,30)(H2,26,27,28);1H. The smallest absolute Gasteiger partial charge is 0.221 e. The van der Waals surface area contributed by atoms with E-state index in [9.17, 15) is 4.79 Å². The molecular weight excluding hydrogens is 517 g/mol. The van der Waals surface area contributed by atoms with E-state index in [0.717, 1.165) is 49.7 Å². The van der Waals surface area contributed by atoms with Crippen molar-refractivity contribution in [3.8, 4) is 5.75 Å². The second-order valence-corrected chi connectivity index (χ2v) is 7.89. The highest BCUT2D eigenvalue weighted by atomic mass is 127. The molecule has 0 radical (unpaired) electrons. The lowest BCUT2D eigenvalue weighted by molar-refractivity contribution is -0.123. The monoisotopic (exact) mass is 551 g/mol. The van der Waals surface area contributed by atoms with Crippen molar-refractivity contribution in [1.82, 2.24) is 15.5 Å². The van der Waals surface area contributed by atoms with Crippen LogP contribution in [0.1, 0.15) is 29.5 Å². The van der Waals surface area contributed by atoms with Gasteiger partial charge in [-0.3, -0.25) is 14.7 Å². The average Bonchev–Trinajstić information content (AvgIpc) is 2.80. The van der Waals surface area contributed by atoms with Crippen LogP contribution in [0.25, 0.3) is 0 Å². The average molecular weight is 551 g/mol. The van der Waals surface area contributed by atoms with Gasteiger partial charge in [0.2, 0.25) is 5.91 Å². The minimum atomic E-state index is -0.186. The van der Waals surface area contributed by atoms with Gasteiger partial charge >= 0.3 is 0 Å². The molecule has 3 rings (SSSR count). The lowest BCUT2D eigenvalue weighted by Gasteiger charge is -2.31. The number of likely N-dealkylation sites (tertiary alicyclic amines) is 1. The van der Waals surface area contributed by atoms with Crippen LogP contribution < -0.4 is 21.1 Å². The van der Waals surface area contributed by atoms with E-state index in [1.54, 1.807) is 14.2 Å². The molecule has 8 heteroatoms. The number of halogens is 1. The molecule has 174 valence electrons. The van der Waals surface area contributed by atoms with Gasteiger partial charge in [-0.1, -0.05) is 42.5 Å².